The van der Waals surface area contributed by atoms with Crippen LogP contribution in [0.25, 0.3) is 0 Å². The van der Waals surface area contributed by atoms with Gasteiger partial charge >= 0.3 is 6.18 Å². The topological polar surface area (TPSA) is 129 Å². The second kappa shape index (κ2) is 13.1. The summed E-state index contributed by atoms with van der Waals surface area (Å²) in [5, 5.41) is 14.0. The molecule has 2 saturated heterocycles. The van der Waals surface area contributed by atoms with Crippen molar-refractivity contribution in [2.75, 3.05) is 12.5 Å². The zero-order valence-corrected chi connectivity index (χ0v) is 30.5. The van der Waals surface area contributed by atoms with Gasteiger partial charge in [-0.15, -0.1) is 11.3 Å². The van der Waals surface area contributed by atoms with E-state index in [0.717, 1.165) is 4.88 Å². The highest BCUT2D eigenvalue weighted by atomic mass is 35.5. The summed E-state index contributed by atoms with van der Waals surface area (Å²) >= 11 is 14.0. The van der Waals surface area contributed by atoms with Crippen LogP contribution in [-0.2, 0) is 37.3 Å². The van der Waals surface area contributed by atoms with Gasteiger partial charge in [0.05, 0.1) is 47.4 Å². The number of nitrogens with zero attached hydrogens (tertiary/aromatic N) is 3. The number of allylic oxidation sites excluding steroid dienone is 2. The van der Waals surface area contributed by atoms with E-state index in [0.29, 0.717) is 33.4 Å². The number of aromatic nitrogens is 1. The number of halogens is 5. The van der Waals surface area contributed by atoms with Crippen LogP contribution in [0, 0.1) is 23.7 Å². The van der Waals surface area contributed by atoms with E-state index in [4.69, 9.17) is 27.9 Å². The molecule has 8 rings (SSSR count). The maximum Gasteiger partial charge on any atom is 0.417 e. The summed E-state index contributed by atoms with van der Waals surface area (Å²) in [5.41, 5.74) is 0.710. The number of hydrogen-bond acceptors (Lipinski definition) is 9. The van der Waals surface area contributed by atoms with E-state index >= 15 is 4.79 Å². The van der Waals surface area contributed by atoms with Crippen molar-refractivity contribution in [3.63, 3.8) is 0 Å². The van der Waals surface area contributed by atoms with Crippen LogP contribution < -0.4 is 10.2 Å². The molecule has 0 spiro atoms. The van der Waals surface area contributed by atoms with Crippen molar-refractivity contribution in [2.45, 2.75) is 36.9 Å². The zero-order chi connectivity index (χ0) is 38.3. The minimum atomic E-state index is -4.76. The first kappa shape index (κ1) is 36.1. The van der Waals surface area contributed by atoms with Crippen LogP contribution in [0.1, 0.15) is 40.3 Å². The summed E-state index contributed by atoms with van der Waals surface area (Å²) in [6.07, 6.45) is -2.30. The van der Waals surface area contributed by atoms with Crippen LogP contribution in [0.3, 0.4) is 0 Å². The van der Waals surface area contributed by atoms with Gasteiger partial charge in [0, 0.05) is 27.6 Å². The molecular formula is C38H29Cl2F3N4O6S. The number of alkyl halides is 3. The van der Waals surface area contributed by atoms with Crippen LogP contribution >= 0.6 is 34.5 Å². The van der Waals surface area contributed by atoms with Gasteiger partial charge in [-0.25, -0.2) is 4.98 Å². The van der Waals surface area contributed by atoms with E-state index in [1.807, 2.05) is 23.6 Å². The maximum absolute atomic E-state index is 15.3. The number of hydrogen-bond donors (Lipinski definition) is 2. The first-order valence-corrected chi connectivity index (χ1v) is 18.5. The molecule has 2 aromatic heterocycles. The van der Waals surface area contributed by atoms with E-state index in [9.17, 15) is 32.7 Å². The molecule has 16 heteroatoms. The van der Waals surface area contributed by atoms with Crippen molar-refractivity contribution < 1.29 is 42.2 Å². The Hall–Kier alpha value is -4.92. The number of imide groups is 2. The fourth-order valence-electron chi connectivity index (χ4n) is 8.88. The number of carbonyl (C=O) groups is 4. The van der Waals surface area contributed by atoms with Crippen molar-refractivity contribution in [3.8, 4) is 11.5 Å². The molecule has 2 N–H and O–H groups in total. The normalized spacial score (nSPS) is 26.4. The Balaban J connectivity index is 1.32. The smallest absolute Gasteiger partial charge is 0.417 e. The van der Waals surface area contributed by atoms with Gasteiger partial charge in [-0.1, -0.05) is 59.1 Å². The molecule has 1 saturated carbocycles. The SMILES string of the molecule is COc1cccc(O)c1C1C2=CCC3C(=O)N(Cc4cccs4)C(=O)C3C2CC2C(=O)N(Nc3ncc(C(F)(F)F)cc3Cl)C(=O)C21c1ccc(Cl)cc1. The summed E-state index contributed by atoms with van der Waals surface area (Å²) < 4.78 is 46.2. The van der Waals surface area contributed by atoms with E-state index in [2.05, 4.69) is 10.4 Å². The Bertz CT molecular complexity index is 2250. The molecule has 3 fully saturated rings. The quantitative estimate of drug-likeness (QED) is 0.147. The highest BCUT2D eigenvalue weighted by Crippen LogP contribution is 2.66. The number of carbonyl (C=O) groups excluding carboxylic acids is 4. The lowest BCUT2D eigenvalue weighted by Crippen LogP contribution is -2.53. The number of phenols is 1. The van der Waals surface area contributed by atoms with E-state index in [1.54, 1.807) is 36.4 Å². The van der Waals surface area contributed by atoms with Gasteiger partial charge in [0.25, 0.3) is 11.8 Å². The standard InChI is InChI=1S/C38H29Cl2F3N4O6S/c1-53-28-6-2-5-27(48)30(28)31-22-11-12-23-29(35(51)46(33(23)49)17-21-4-3-13-54-21)24(22)15-25-34(50)47(36(52)37(25,31)18-7-9-20(39)10-8-18)45-32-26(40)14-19(16-44-32)38(41,42)43/h2-11,13-14,16,23-25,29,31,48H,12,15,17H2,1H3,(H,44,45). The zero-order valence-electron chi connectivity index (χ0n) is 28.1. The molecule has 2 aliphatic carbocycles. The highest BCUT2D eigenvalue weighted by molar-refractivity contribution is 7.09. The molecule has 10 nitrogen and oxygen atoms in total. The second-order valence-electron chi connectivity index (χ2n) is 13.7. The average molecular weight is 798 g/mol. The number of likely N-dealkylation sites (tertiary alicyclic amines) is 1. The third kappa shape index (κ3) is 5.40. The van der Waals surface area contributed by atoms with E-state index in [1.165, 1.54) is 29.4 Å². The fourth-order valence-corrected chi connectivity index (χ4v) is 9.90. The number of nitrogens with one attached hydrogen (secondary N) is 1. The van der Waals surface area contributed by atoms with E-state index < -0.39 is 69.5 Å². The molecule has 4 heterocycles. The number of ether oxygens (including phenoxy) is 1. The third-order valence-corrected chi connectivity index (χ3v) is 12.5. The Labute approximate surface area is 320 Å². The lowest BCUT2D eigenvalue weighted by Gasteiger charge is -2.50. The molecule has 6 atom stereocenters. The number of anilines is 1. The monoisotopic (exact) mass is 796 g/mol. The predicted octanol–water partition coefficient (Wildman–Crippen LogP) is 7.37. The lowest BCUT2D eigenvalue weighted by atomic mass is 9.49. The number of thiophene rings is 1. The molecule has 2 aliphatic heterocycles. The number of benzene rings is 2. The van der Waals surface area contributed by atoms with Gasteiger partial charge in [0.1, 0.15) is 11.5 Å². The van der Waals surface area contributed by atoms with Gasteiger partial charge in [-0.2, -0.15) is 18.2 Å². The summed E-state index contributed by atoms with van der Waals surface area (Å²) in [6, 6.07) is 15.2. The number of amides is 4. The molecule has 2 aromatic carbocycles. The minimum absolute atomic E-state index is 0.0647. The number of fused-ring (bicyclic) bond motifs is 4. The Kier molecular flexibility index (Phi) is 8.77. The van der Waals surface area contributed by atoms with Crippen molar-refractivity contribution in [1.29, 1.82) is 0 Å². The number of rotatable bonds is 7. The number of phenolic OH excluding ortho intramolecular Hbond substituents is 1. The molecule has 6 unspecified atom stereocenters. The average Bonchev–Trinajstić information content (AvgIpc) is 3.80. The Morgan fingerprint density at radius 1 is 1.02 bits per heavy atom. The van der Waals surface area contributed by atoms with Crippen LogP contribution in [0.5, 0.6) is 11.5 Å². The van der Waals surface area contributed by atoms with Crippen molar-refractivity contribution >= 4 is 64.0 Å². The predicted molar refractivity (Wildman–Crippen MR) is 191 cm³/mol. The van der Waals surface area contributed by atoms with Gasteiger partial charge in [-0.3, -0.25) is 29.5 Å². The summed E-state index contributed by atoms with van der Waals surface area (Å²) in [6.45, 7) is 0.0925. The largest absolute Gasteiger partial charge is 0.508 e. The van der Waals surface area contributed by atoms with Crippen LogP contribution in [-0.4, -0.2) is 50.7 Å². The van der Waals surface area contributed by atoms with Crippen LogP contribution in [0.4, 0.5) is 19.0 Å². The first-order valence-electron chi connectivity index (χ1n) is 16.8. The molecule has 4 aliphatic rings. The highest BCUT2D eigenvalue weighted by Gasteiger charge is 2.71. The lowest BCUT2D eigenvalue weighted by molar-refractivity contribution is -0.142. The molecule has 4 aromatic rings. The fraction of sp³-hybridized carbons (Fsp3) is 0.289. The van der Waals surface area contributed by atoms with Crippen LogP contribution in [0.2, 0.25) is 10.0 Å². The second-order valence-corrected chi connectivity index (χ2v) is 15.5. The maximum atomic E-state index is 15.3. The summed E-state index contributed by atoms with van der Waals surface area (Å²) in [5.74, 6) is -7.49. The van der Waals surface area contributed by atoms with Gasteiger partial charge in [0.2, 0.25) is 11.8 Å². The molecule has 0 bridgehead atoms. The number of methoxy groups -OCH3 is 1. The van der Waals surface area contributed by atoms with Crippen molar-refractivity contribution in [3.05, 3.63) is 116 Å². The van der Waals surface area contributed by atoms with Gasteiger partial charge in [-0.05, 0) is 66.1 Å². The Morgan fingerprint density at radius 2 is 1.78 bits per heavy atom. The third-order valence-electron chi connectivity index (χ3n) is 11.1. The number of hydrazine groups is 1. The minimum Gasteiger partial charge on any atom is -0.508 e. The molecule has 0 radical (unpaired) electrons. The molecule has 278 valence electrons. The van der Waals surface area contributed by atoms with Crippen LogP contribution in [0.15, 0.2) is 83.9 Å². The number of pyridine rings is 1. The van der Waals surface area contributed by atoms with Crippen molar-refractivity contribution in [2.24, 2.45) is 23.7 Å². The molecule has 4 amide bonds. The van der Waals surface area contributed by atoms with E-state index in [-0.39, 0.29) is 48.2 Å². The van der Waals surface area contributed by atoms with Gasteiger partial charge in [0.15, 0.2) is 5.82 Å². The van der Waals surface area contributed by atoms with Gasteiger partial charge < -0.3 is 9.84 Å². The summed E-state index contributed by atoms with van der Waals surface area (Å²) in [7, 11) is 1.39. The van der Waals surface area contributed by atoms with Crippen molar-refractivity contribution in [1.82, 2.24) is 14.9 Å². The molecule has 54 heavy (non-hydrogen) atoms. The molecular weight excluding hydrogens is 768 g/mol. The first-order chi connectivity index (χ1) is 25.8. The number of aromatic hydroxyl groups is 1. The summed E-state index contributed by atoms with van der Waals surface area (Å²) in [4.78, 5) is 64.3. The Morgan fingerprint density at radius 3 is 2.44 bits per heavy atom.